The number of benzene rings is 1. The molecule has 9 nitrogen and oxygen atoms in total. The summed E-state index contributed by atoms with van der Waals surface area (Å²) in [6.45, 7) is 4.18. The Morgan fingerprint density at radius 3 is 2.55 bits per heavy atom. The van der Waals surface area contributed by atoms with Crippen LogP contribution in [-0.4, -0.2) is 89.0 Å². The Bertz CT molecular complexity index is 815. The number of rotatable bonds is 5. The largest absolute Gasteiger partial charge is 0.536 e. The fourth-order valence-electron chi connectivity index (χ4n) is 3.49. The number of carboxylic acid groups (broad SMARTS) is 1. The number of hydrogen-bond acceptors (Lipinski definition) is 7. The molecule has 0 aromatic heterocycles. The van der Waals surface area contributed by atoms with Gasteiger partial charge in [-0.3, -0.25) is 10.2 Å². The van der Waals surface area contributed by atoms with Crippen molar-refractivity contribution in [3.63, 3.8) is 0 Å². The third-order valence-electron chi connectivity index (χ3n) is 5.14. The highest BCUT2D eigenvalue weighted by Gasteiger charge is 2.38. The number of hydrogen-bond donors (Lipinski definition) is 3. The number of nitrogens with one attached hydrogen (secondary N) is 1. The molecule has 156 valence electrons. The molecular formula is C18H24BN3O6S. The maximum Gasteiger partial charge on any atom is 0.536 e. The molecule has 1 atom stereocenters. The molecule has 0 unspecified atom stereocenters. The minimum atomic E-state index is -1.22. The molecule has 1 amide bonds. The predicted molar refractivity (Wildman–Crippen MR) is 110 cm³/mol. The third kappa shape index (κ3) is 4.61. The van der Waals surface area contributed by atoms with Crippen LogP contribution in [0, 0.1) is 5.41 Å². The average molecular weight is 421 g/mol. The van der Waals surface area contributed by atoms with E-state index >= 15 is 0 Å². The van der Waals surface area contributed by atoms with Crippen molar-refractivity contribution in [1.82, 2.24) is 9.80 Å². The Labute approximate surface area is 173 Å². The van der Waals surface area contributed by atoms with Gasteiger partial charge in [0, 0.05) is 26.2 Å². The third-order valence-corrected chi connectivity index (χ3v) is 6.38. The number of piperazine rings is 1. The molecule has 1 fully saturated rings. The number of carboxylic acids is 1. The van der Waals surface area contributed by atoms with E-state index in [0.29, 0.717) is 44.0 Å². The van der Waals surface area contributed by atoms with Gasteiger partial charge in [0.1, 0.15) is 17.1 Å². The molecule has 1 saturated heterocycles. The van der Waals surface area contributed by atoms with E-state index in [-0.39, 0.29) is 33.9 Å². The van der Waals surface area contributed by atoms with Gasteiger partial charge in [0.15, 0.2) is 0 Å². The summed E-state index contributed by atoms with van der Waals surface area (Å²) in [5, 5.41) is 27.1. The zero-order valence-electron chi connectivity index (χ0n) is 16.4. The molecule has 1 aromatic rings. The summed E-state index contributed by atoms with van der Waals surface area (Å²) in [4.78, 5) is 27.8. The number of carbonyl (C=O) groups is 2. The van der Waals surface area contributed by atoms with Crippen molar-refractivity contribution in [2.75, 3.05) is 39.0 Å². The zero-order valence-corrected chi connectivity index (χ0v) is 17.2. The molecule has 0 radical (unpaired) electrons. The first-order chi connectivity index (χ1) is 13.8. The van der Waals surface area contributed by atoms with Crippen LogP contribution < -0.4 is 9.39 Å². The summed E-state index contributed by atoms with van der Waals surface area (Å²) in [6.07, 6.45) is 0.388. The number of amides is 1. The number of thioether (sulfide) groups is 1. The number of ether oxygens (including phenoxy) is 1. The van der Waals surface area contributed by atoms with Crippen LogP contribution in [0.3, 0.4) is 0 Å². The summed E-state index contributed by atoms with van der Waals surface area (Å²) < 4.78 is 10.6. The Morgan fingerprint density at radius 1 is 1.31 bits per heavy atom. The lowest BCUT2D eigenvalue weighted by molar-refractivity contribution is -0.129. The van der Waals surface area contributed by atoms with E-state index < -0.39 is 13.1 Å². The molecule has 0 saturated carbocycles. The van der Waals surface area contributed by atoms with Crippen LogP contribution in [0.25, 0.3) is 0 Å². The second kappa shape index (κ2) is 8.96. The molecule has 0 aliphatic carbocycles. The van der Waals surface area contributed by atoms with Gasteiger partial charge in [-0.15, -0.1) is 11.8 Å². The Balaban J connectivity index is 1.61. The first-order valence-corrected chi connectivity index (χ1v) is 10.3. The zero-order chi connectivity index (χ0) is 21.1. The van der Waals surface area contributed by atoms with Gasteiger partial charge in [-0.2, -0.15) is 0 Å². The highest BCUT2D eigenvalue weighted by Crippen LogP contribution is 2.38. The Hall–Kier alpha value is -2.40. The molecule has 3 rings (SSSR count). The number of methoxy groups -OCH3 is 1. The quantitative estimate of drug-likeness (QED) is 0.359. The normalized spacial score (nSPS) is 18.7. The second-order valence-corrected chi connectivity index (χ2v) is 8.18. The highest BCUT2D eigenvalue weighted by atomic mass is 32.2. The molecule has 2 heterocycles. The second-order valence-electron chi connectivity index (χ2n) is 6.95. The first-order valence-electron chi connectivity index (χ1n) is 9.29. The topological polar surface area (TPSA) is 123 Å². The molecule has 2 aliphatic rings. The number of nitrogens with zero attached hydrogens (tertiary/aromatic N) is 2. The fraction of sp³-hybridized carbons (Fsp3) is 0.500. The first kappa shape index (κ1) is 21.3. The maximum absolute atomic E-state index is 12.5. The standard InChI is InChI=1S/C18H24BN3O6S/c1-11(20)21-5-7-22(8-6-21)15(23)10-29-14-9-12-3-4-13(27-2)16(18(24)25)17(12)28-19(14)26/h3-4,14,20,26H,5-10H2,1-2H3,(H,24,25)/t14-/m0/s1. The van der Waals surface area contributed by atoms with Crippen LogP contribution in [0.2, 0.25) is 0 Å². The lowest BCUT2D eigenvalue weighted by Crippen LogP contribution is -2.50. The van der Waals surface area contributed by atoms with E-state index in [1.807, 2.05) is 4.90 Å². The van der Waals surface area contributed by atoms with E-state index in [4.69, 9.17) is 14.8 Å². The number of fused-ring (bicyclic) bond motifs is 1. The Morgan fingerprint density at radius 2 is 1.97 bits per heavy atom. The van der Waals surface area contributed by atoms with Crippen LogP contribution >= 0.6 is 11.8 Å². The summed E-state index contributed by atoms with van der Waals surface area (Å²) in [7, 11) is 0.156. The van der Waals surface area contributed by atoms with Crippen molar-refractivity contribution >= 4 is 36.6 Å². The molecule has 0 bridgehead atoms. The van der Waals surface area contributed by atoms with Crippen molar-refractivity contribution in [2.45, 2.75) is 18.5 Å². The smallest absolute Gasteiger partial charge is 0.534 e. The van der Waals surface area contributed by atoms with Gasteiger partial charge >= 0.3 is 13.1 Å². The van der Waals surface area contributed by atoms with Gasteiger partial charge in [-0.1, -0.05) is 6.07 Å². The van der Waals surface area contributed by atoms with Crippen LogP contribution in [0.15, 0.2) is 12.1 Å². The Kier molecular flexibility index (Phi) is 6.58. The van der Waals surface area contributed by atoms with Crippen molar-refractivity contribution in [3.8, 4) is 11.5 Å². The van der Waals surface area contributed by atoms with Gasteiger partial charge < -0.3 is 29.3 Å². The summed E-state index contributed by atoms with van der Waals surface area (Å²) in [5.74, 6) is -0.214. The van der Waals surface area contributed by atoms with Gasteiger partial charge in [0.25, 0.3) is 0 Å². The summed E-state index contributed by atoms with van der Waals surface area (Å²) in [5.41, 5.74) is 0.552. The number of carbonyl (C=O) groups excluding carboxylic acids is 1. The SMILES string of the molecule is COc1ccc2c(c1C(=O)O)OB(O)[C@@H](SCC(=O)N1CCN(C(C)=N)CC1)C2. The van der Waals surface area contributed by atoms with E-state index in [2.05, 4.69) is 0 Å². The predicted octanol–water partition coefficient (Wildman–Crippen LogP) is 0.591. The molecule has 11 heteroatoms. The number of amidine groups is 1. The summed E-state index contributed by atoms with van der Waals surface area (Å²) in [6, 6.07) is 3.29. The van der Waals surface area contributed by atoms with Crippen molar-refractivity contribution in [3.05, 3.63) is 23.3 Å². The van der Waals surface area contributed by atoms with Gasteiger partial charge in [0.2, 0.25) is 5.91 Å². The lowest BCUT2D eigenvalue weighted by atomic mass is 9.77. The molecule has 3 N–H and O–H groups in total. The van der Waals surface area contributed by atoms with Crippen molar-refractivity contribution in [1.29, 1.82) is 5.41 Å². The van der Waals surface area contributed by atoms with Gasteiger partial charge in [-0.25, -0.2) is 4.79 Å². The molecule has 2 aliphatic heterocycles. The van der Waals surface area contributed by atoms with E-state index in [0.717, 1.165) is 0 Å². The van der Waals surface area contributed by atoms with Crippen LogP contribution in [0.1, 0.15) is 22.8 Å². The van der Waals surface area contributed by atoms with Crippen molar-refractivity contribution < 1.29 is 29.1 Å². The van der Waals surface area contributed by atoms with Crippen molar-refractivity contribution in [2.24, 2.45) is 0 Å². The monoisotopic (exact) mass is 421 g/mol. The van der Waals surface area contributed by atoms with E-state index in [9.17, 15) is 19.7 Å². The molecule has 29 heavy (non-hydrogen) atoms. The molecule has 1 aromatic carbocycles. The maximum atomic E-state index is 12.5. The fourth-order valence-corrected chi connectivity index (χ4v) is 4.55. The summed E-state index contributed by atoms with van der Waals surface area (Å²) >= 11 is 1.30. The number of aromatic carboxylic acids is 1. The van der Waals surface area contributed by atoms with Gasteiger partial charge in [-0.05, 0) is 25.0 Å². The van der Waals surface area contributed by atoms with Gasteiger partial charge in [0.05, 0.1) is 23.8 Å². The highest BCUT2D eigenvalue weighted by molar-refractivity contribution is 8.01. The lowest BCUT2D eigenvalue weighted by Gasteiger charge is -2.35. The van der Waals surface area contributed by atoms with E-state index in [1.54, 1.807) is 24.0 Å². The molecule has 0 spiro atoms. The molecular weight excluding hydrogens is 397 g/mol. The average Bonchev–Trinajstić information content (AvgIpc) is 2.70. The van der Waals surface area contributed by atoms with Crippen LogP contribution in [-0.2, 0) is 11.2 Å². The van der Waals surface area contributed by atoms with Crippen LogP contribution in [0.5, 0.6) is 11.5 Å². The van der Waals surface area contributed by atoms with Crippen LogP contribution in [0.4, 0.5) is 0 Å². The minimum absolute atomic E-state index is 0.0174. The minimum Gasteiger partial charge on any atom is -0.534 e. The van der Waals surface area contributed by atoms with E-state index in [1.165, 1.54) is 18.9 Å².